The molecule has 4 rings (SSSR count). The summed E-state index contributed by atoms with van der Waals surface area (Å²) < 4.78 is 34.3. The average molecular weight is 460 g/mol. The van der Waals surface area contributed by atoms with Crippen molar-refractivity contribution in [3.05, 3.63) is 53.6 Å². The van der Waals surface area contributed by atoms with Crippen molar-refractivity contribution in [1.29, 1.82) is 0 Å². The third-order valence-electron chi connectivity index (χ3n) is 6.26. The van der Waals surface area contributed by atoms with Gasteiger partial charge in [0.2, 0.25) is 15.9 Å². The van der Waals surface area contributed by atoms with Crippen LogP contribution < -0.4 is 14.6 Å². The summed E-state index contributed by atoms with van der Waals surface area (Å²) in [4.78, 5) is 17.2. The molecule has 2 heterocycles. The molecule has 2 atom stereocenters. The van der Waals surface area contributed by atoms with Crippen LogP contribution in [0.4, 0.5) is 0 Å². The zero-order valence-electron chi connectivity index (χ0n) is 18.4. The molecule has 2 aliphatic heterocycles. The van der Waals surface area contributed by atoms with Crippen LogP contribution in [0.3, 0.4) is 0 Å². The van der Waals surface area contributed by atoms with Gasteiger partial charge in [0.15, 0.2) is 11.5 Å². The minimum absolute atomic E-state index is 0.0241. The minimum Gasteiger partial charge on any atom is -0.486 e. The average Bonchev–Trinajstić information content (AvgIpc) is 3.28. The molecule has 2 N–H and O–H groups in total. The van der Waals surface area contributed by atoms with Crippen LogP contribution in [0.15, 0.2) is 47.4 Å². The maximum Gasteiger partial charge on any atom is 0.238 e. The van der Waals surface area contributed by atoms with Crippen LogP contribution in [0.1, 0.15) is 43.0 Å². The zero-order chi connectivity index (χ0) is 22.9. The Morgan fingerprint density at radius 1 is 1.16 bits per heavy atom. The van der Waals surface area contributed by atoms with Crippen LogP contribution in [0.2, 0.25) is 0 Å². The Labute approximate surface area is 189 Å². The Morgan fingerprint density at radius 2 is 1.84 bits per heavy atom. The number of likely N-dealkylation sites (N-methyl/N-ethyl adjacent to an activating group) is 1. The molecule has 2 aromatic carbocycles. The highest BCUT2D eigenvalue weighted by Gasteiger charge is 2.31. The van der Waals surface area contributed by atoms with Crippen LogP contribution in [0.5, 0.6) is 11.5 Å². The number of nitrogens with two attached hydrogens (primary N) is 1. The number of carbonyl (C=O) groups is 1. The smallest absolute Gasteiger partial charge is 0.238 e. The lowest BCUT2D eigenvalue weighted by Gasteiger charge is -2.30. The van der Waals surface area contributed by atoms with Crippen LogP contribution in [0, 0.1) is 0 Å². The number of hydrogen-bond donors (Lipinski definition) is 1. The Kier molecular flexibility index (Phi) is 6.41. The fourth-order valence-electron chi connectivity index (χ4n) is 4.31. The molecule has 172 valence electrons. The molecule has 9 heteroatoms. The monoisotopic (exact) mass is 459 g/mol. The van der Waals surface area contributed by atoms with E-state index in [2.05, 4.69) is 0 Å². The van der Waals surface area contributed by atoms with Crippen molar-refractivity contribution in [2.24, 2.45) is 5.14 Å². The number of rotatable bonds is 6. The van der Waals surface area contributed by atoms with Gasteiger partial charge < -0.3 is 14.4 Å². The molecule has 0 spiro atoms. The fourth-order valence-corrected chi connectivity index (χ4v) is 4.83. The number of sulfonamides is 1. The second-order valence-electron chi connectivity index (χ2n) is 8.35. The Bertz CT molecular complexity index is 1090. The molecule has 0 bridgehead atoms. The molecule has 2 aromatic rings. The lowest BCUT2D eigenvalue weighted by Crippen LogP contribution is -2.39. The highest BCUT2D eigenvalue weighted by molar-refractivity contribution is 7.89. The predicted molar refractivity (Wildman–Crippen MR) is 120 cm³/mol. The molecule has 2 unspecified atom stereocenters. The van der Waals surface area contributed by atoms with Crippen LogP contribution in [-0.4, -0.2) is 57.5 Å². The first-order valence-corrected chi connectivity index (χ1v) is 12.3. The maximum absolute atomic E-state index is 13.2. The number of nitrogens with zero attached hydrogens (tertiary/aromatic N) is 2. The third kappa shape index (κ3) is 4.74. The molecule has 0 aliphatic carbocycles. The van der Waals surface area contributed by atoms with E-state index in [0.717, 1.165) is 42.0 Å². The molecule has 0 aromatic heterocycles. The zero-order valence-corrected chi connectivity index (χ0v) is 19.2. The van der Waals surface area contributed by atoms with Gasteiger partial charge in [0.25, 0.3) is 0 Å². The van der Waals surface area contributed by atoms with E-state index in [1.54, 1.807) is 12.1 Å². The maximum atomic E-state index is 13.2. The molecule has 0 radical (unpaired) electrons. The van der Waals surface area contributed by atoms with Gasteiger partial charge in [0.05, 0.1) is 17.5 Å². The van der Waals surface area contributed by atoms with Crippen LogP contribution in [-0.2, 0) is 14.8 Å². The lowest BCUT2D eigenvalue weighted by molar-refractivity contribution is -0.133. The first-order valence-electron chi connectivity index (χ1n) is 10.8. The number of carbonyl (C=O) groups excluding carboxylic acids is 1. The highest BCUT2D eigenvalue weighted by atomic mass is 32.2. The topological polar surface area (TPSA) is 102 Å². The lowest BCUT2D eigenvalue weighted by atomic mass is 10.0. The van der Waals surface area contributed by atoms with E-state index in [9.17, 15) is 13.2 Å². The quantitative estimate of drug-likeness (QED) is 0.712. The van der Waals surface area contributed by atoms with E-state index in [-0.39, 0.29) is 29.4 Å². The van der Waals surface area contributed by atoms with E-state index < -0.39 is 10.0 Å². The SMILES string of the molecule is CC(c1ccc(S(N)(=O)=O)cc1)N(C)CC(=O)N1CCCC1c1ccc2c(c1)OCCO2. The molecule has 8 nitrogen and oxygen atoms in total. The molecular formula is C23H29N3O5S. The number of fused-ring (bicyclic) bond motifs is 1. The normalized spacial score (nSPS) is 19.2. The van der Waals surface area contributed by atoms with Crippen molar-refractivity contribution < 1.29 is 22.7 Å². The summed E-state index contributed by atoms with van der Waals surface area (Å²) in [5.41, 5.74) is 1.98. The summed E-state index contributed by atoms with van der Waals surface area (Å²) in [6, 6.07) is 12.3. The number of amides is 1. The Balaban J connectivity index is 1.43. The third-order valence-corrected chi connectivity index (χ3v) is 7.19. The molecule has 32 heavy (non-hydrogen) atoms. The Morgan fingerprint density at radius 3 is 2.53 bits per heavy atom. The Hall–Kier alpha value is -2.62. The van der Waals surface area contributed by atoms with E-state index >= 15 is 0 Å². The number of ether oxygens (including phenoxy) is 2. The molecule has 2 aliphatic rings. The summed E-state index contributed by atoms with van der Waals surface area (Å²) in [6.07, 6.45) is 1.87. The largest absolute Gasteiger partial charge is 0.486 e. The van der Waals surface area contributed by atoms with Gasteiger partial charge in [0.1, 0.15) is 13.2 Å². The fraction of sp³-hybridized carbons (Fsp3) is 0.435. The number of primary sulfonamides is 1. The van der Waals surface area contributed by atoms with Crippen molar-refractivity contribution in [2.75, 3.05) is 33.4 Å². The second-order valence-corrected chi connectivity index (χ2v) is 9.91. The van der Waals surface area contributed by atoms with Gasteiger partial charge >= 0.3 is 0 Å². The van der Waals surface area contributed by atoms with Crippen molar-refractivity contribution in [3.63, 3.8) is 0 Å². The predicted octanol–water partition coefficient (Wildman–Crippen LogP) is 2.46. The summed E-state index contributed by atoms with van der Waals surface area (Å²) in [5, 5.41) is 5.17. The van der Waals surface area contributed by atoms with E-state index in [4.69, 9.17) is 14.6 Å². The van der Waals surface area contributed by atoms with Gasteiger partial charge in [-0.05, 0) is 62.2 Å². The molecular weight excluding hydrogens is 430 g/mol. The standard InChI is InChI=1S/C23H29N3O5S/c1-16(17-5-8-19(9-6-17)32(24,28)29)25(2)15-23(27)26-11-3-4-20(26)18-7-10-21-22(14-18)31-13-12-30-21/h5-10,14,16,20H,3-4,11-13,15H2,1-2H3,(H2,24,28,29). The van der Waals surface area contributed by atoms with Crippen molar-refractivity contribution in [2.45, 2.75) is 36.7 Å². The summed E-state index contributed by atoms with van der Waals surface area (Å²) in [7, 11) is -1.83. The highest BCUT2D eigenvalue weighted by Crippen LogP contribution is 2.38. The number of benzene rings is 2. The minimum atomic E-state index is -3.73. The second kappa shape index (κ2) is 9.09. The van der Waals surface area contributed by atoms with E-state index in [1.807, 2.05) is 42.0 Å². The van der Waals surface area contributed by atoms with Crippen molar-refractivity contribution >= 4 is 15.9 Å². The van der Waals surface area contributed by atoms with E-state index in [1.165, 1.54) is 12.1 Å². The molecule has 1 fully saturated rings. The molecule has 1 amide bonds. The summed E-state index contributed by atoms with van der Waals surface area (Å²) in [5.74, 6) is 1.55. The summed E-state index contributed by atoms with van der Waals surface area (Å²) in [6.45, 7) is 4.06. The first-order chi connectivity index (χ1) is 15.2. The number of hydrogen-bond acceptors (Lipinski definition) is 6. The van der Waals surface area contributed by atoms with Gasteiger partial charge in [-0.15, -0.1) is 0 Å². The van der Waals surface area contributed by atoms with E-state index in [0.29, 0.717) is 13.2 Å². The van der Waals surface area contributed by atoms with Crippen LogP contribution in [0.25, 0.3) is 0 Å². The van der Waals surface area contributed by atoms with Gasteiger partial charge in [-0.3, -0.25) is 9.69 Å². The first kappa shape index (κ1) is 22.6. The molecule has 1 saturated heterocycles. The van der Waals surface area contributed by atoms with Crippen molar-refractivity contribution in [3.8, 4) is 11.5 Å². The number of likely N-dealkylation sites (tertiary alicyclic amines) is 1. The van der Waals surface area contributed by atoms with Gasteiger partial charge in [-0.25, -0.2) is 13.6 Å². The van der Waals surface area contributed by atoms with Crippen LogP contribution >= 0.6 is 0 Å². The summed E-state index contributed by atoms with van der Waals surface area (Å²) >= 11 is 0. The van der Waals surface area contributed by atoms with Gasteiger partial charge in [-0.1, -0.05) is 18.2 Å². The van der Waals surface area contributed by atoms with Crippen molar-refractivity contribution in [1.82, 2.24) is 9.80 Å². The van der Waals surface area contributed by atoms with Gasteiger partial charge in [-0.2, -0.15) is 0 Å². The van der Waals surface area contributed by atoms with Gasteiger partial charge in [0, 0.05) is 12.6 Å². The molecule has 0 saturated carbocycles.